The minimum Gasteiger partial charge on any atom is -0.444 e. The largest absolute Gasteiger partial charge is 0.444 e. The van der Waals surface area contributed by atoms with Crippen LogP contribution in [0.5, 0.6) is 0 Å². The summed E-state index contributed by atoms with van der Waals surface area (Å²) in [5, 5.41) is 7.84. The molecule has 0 spiro atoms. The lowest BCUT2D eigenvalue weighted by Crippen LogP contribution is -2.52. The molecule has 0 aliphatic heterocycles. The second-order valence-electron chi connectivity index (χ2n) is 7.24. The van der Waals surface area contributed by atoms with Gasteiger partial charge in [-0.2, -0.15) is 0 Å². The lowest BCUT2D eigenvalue weighted by Gasteiger charge is -2.36. The zero-order chi connectivity index (χ0) is 17.3. The zero-order valence-corrected chi connectivity index (χ0v) is 14.9. The van der Waals surface area contributed by atoms with Crippen molar-refractivity contribution in [2.24, 2.45) is 0 Å². The number of hydrogen-bond acceptors (Lipinski definition) is 4. The highest BCUT2D eigenvalue weighted by atomic mass is 35.5. The predicted octanol–water partition coefficient (Wildman–Crippen LogP) is 4.23. The van der Waals surface area contributed by atoms with Crippen molar-refractivity contribution in [3.05, 3.63) is 35.0 Å². The van der Waals surface area contributed by atoms with E-state index in [1.165, 1.54) is 0 Å². The second-order valence-corrected chi connectivity index (χ2v) is 7.59. The number of rotatable bonds is 4. The number of carbonyl (C=O) groups excluding carboxylic acids is 1. The Morgan fingerprint density at radius 2 is 2.00 bits per heavy atom. The van der Waals surface area contributed by atoms with Crippen LogP contribution in [-0.2, 0) is 11.3 Å². The highest BCUT2D eigenvalue weighted by Crippen LogP contribution is 2.30. The van der Waals surface area contributed by atoms with Crippen LogP contribution >= 0.6 is 11.6 Å². The Morgan fingerprint density at radius 1 is 1.29 bits per heavy atom. The molecule has 130 valence electrons. The van der Waals surface area contributed by atoms with Crippen LogP contribution in [0.15, 0.2) is 28.7 Å². The van der Waals surface area contributed by atoms with E-state index in [0.29, 0.717) is 17.8 Å². The van der Waals surface area contributed by atoms with Gasteiger partial charge in [-0.25, -0.2) is 4.79 Å². The number of halogens is 1. The topological polar surface area (TPSA) is 63.5 Å². The average molecular weight is 351 g/mol. The number of nitrogens with one attached hydrogen (secondary N) is 2. The standard InChI is InChI=1S/C18H23ClN2O3/c1-18(2,3)24-17(22)21-12-8-11(9-12)20-10-14-13-6-4-5-7-15(13)23-16(14)19/h4-7,11-12,20H,8-10H2,1-3H3,(H,21,22). The Balaban J connectivity index is 1.46. The van der Waals surface area contributed by atoms with E-state index >= 15 is 0 Å². The van der Waals surface area contributed by atoms with Crippen molar-refractivity contribution in [2.75, 3.05) is 0 Å². The van der Waals surface area contributed by atoms with Crippen molar-refractivity contribution in [1.82, 2.24) is 10.6 Å². The van der Waals surface area contributed by atoms with Gasteiger partial charge in [0.15, 0.2) is 5.22 Å². The fraction of sp³-hybridized carbons (Fsp3) is 0.500. The molecule has 2 aromatic rings. The maximum atomic E-state index is 11.7. The van der Waals surface area contributed by atoms with Gasteiger partial charge in [-0.3, -0.25) is 0 Å². The Hall–Kier alpha value is -1.72. The molecular weight excluding hydrogens is 328 g/mol. The maximum Gasteiger partial charge on any atom is 0.407 e. The summed E-state index contributed by atoms with van der Waals surface area (Å²) in [5.41, 5.74) is 1.32. The van der Waals surface area contributed by atoms with Crippen LogP contribution in [0.25, 0.3) is 11.0 Å². The van der Waals surface area contributed by atoms with Crippen LogP contribution in [0.3, 0.4) is 0 Å². The Kier molecular flexibility index (Phi) is 4.74. The molecule has 1 heterocycles. The Morgan fingerprint density at radius 3 is 2.71 bits per heavy atom. The number of hydrogen-bond donors (Lipinski definition) is 2. The minimum atomic E-state index is -0.468. The van der Waals surface area contributed by atoms with Gasteiger partial charge < -0.3 is 19.8 Å². The summed E-state index contributed by atoms with van der Waals surface area (Å²) in [4.78, 5) is 11.7. The van der Waals surface area contributed by atoms with Crippen molar-refractivity contribution >= 4 is 28.7 Å². The quantitative estimate of drug-likeness (QED) is 0.866. The summed E-state index contributed by atoms with van der Waals surface area (Å²) >= 11 is 6.19. The number of ether oxygens (including phenoxy) is 1. The first-order chi connectivity index (χ1) is 11.3. The molecule has 1 amide bonds. The number of para-hydroxylation sites is 1. The maximum absolute atomic E-state index is 11.7. The fourth-order valence-electron chi connectivity index (χ4n) is 2.86. The fourth-order valence-corrected chi connectivity index (χ4v) is 3.11. The van der Waals surface area contributed by atoms with Gasteiger partial charge in [0.25, 0.3) is 0 Å². The molecule has 1 aromatic carbocycles. The van der Waals surface area contributed by atoms with Crippen LogP contribution < -0.4 is 10.6 Å². The van der Waals surface area contributed by atoms with Crippen molar-refractivity contribution in [3.8, 4) is 0 Å². The summed E-state index contributed by atoms with van der Waals surface area (Å²) in [6.07, 6.45) is 1.41. The SMILES string of the molecule is CC(C)(C)OC(=O)NC1CC(NCc2c(Cl)oc3ccccc23)C1. The van der Waals surface area contributed by atoms with Gasteiger partial charge in [0, 0.05) is 29.6 Å². The normalized spacial score (nSPS) is 20.7. The molecule has 2 N–H and O–H groups in total. The molecule has 3 rings (SSSR count). The van der Waals surface area contributed by atoms with Gasteiger partial charge >= 0.3 is 6.09 Å². The molecule has 0 radical (unpaired) electrons. The van der Waals surface area contributed by atoms with E-state index in [1.807, 2.05) is 45.0 Å². The number of amides is 1. The van der Waals surface area contributed by atoms with Gasteiger partial charge in [0.05, 0.1) is 0 Å². The summed E-state index contributed by atoms with van der Waals surface area (Å²) in [5.74, 6) is 0. The van der Waals surface area contributed by atoms with Gasteiger partial charge in [0.1, 0.15) is 11.2 Å². The van der Waals surface area contributed by atoms with E-state index in [0.717, 1.165) is 29.4 Å². The third kappa shape index (κ3) is 4.02. The lowest BCUT2D eigenvalue weighted by atomic mass is 9.86. The van der Waals surface area contributed by atoms with Gasteiger partial charge in [-0.15, -0.1) is 0 Å². The summed E-state index contributed by atoms with van der Waals surface area (Å²) in [7, 11) is 0. The van der Waals surface area contributed by atoms with E-state index in [4.69, 9.17) is 20.8 Å². The molecule has 1 aliphatic rings. The van der Waals surface area contributed by atoms with Crippen LogP contribution in [-0.4, -0.2) is 23.8 Å². The minimum absolute atomic E-state index is 0.161. The molecule has 0 atom stereocenters. The number of carbonyl (C=O) groups is 1. The van der Waals surface area contributed by atoms with Crippen LogP contribution in [0, 0.1) is 0 Å². The Bertz CT molecular complexity index is 729. The van der Waals surface area contributed by atoms with Crippen molar-refractivity contribution < 1.29 is 13.9 Å². The highest BCUT2D eigenvalue weighted by Gasteiger charge is 2.31. The first-order valence-electron chi connectivity index (χ1n) is 8.20. The molecule has 1 saturated carbocycles. The summed E-state index contributed by atoms with van der Waals surface area (Å²) in [6, 6.07) is 8.34. The second kappa shape index (κ2) is 6.65. The van der Waals surface area contributed by atoms with Crippen LogP contribution in [0.4, 0.5) is 4.79 Å². The number of alkyl carbamates (subject to hydrolysis) is 1. The van der Waals surface area contributed by atoms with Crippen molar-refractivity contribution in [1.29, 1.82) is 0 Å². The molecule has 24 heavy (non-hydrogen) atoms. The number of furan rings is 1. The first-order valence-corrected chi connectivity index (χ1v) is 8.58. The first kappa shape index (κ1) is 17.1. The smallest absolute Gasteiger partial charge is 0.407 e. The predicted molar refractivity (Wildman–Crippen MR) is 94.2 cm³/mol. The van der Waals surface area contributed by atoms with Gasteiger partial charge in [-0.1, -0.05) is 18.2 Å². The van der Waals surface area contributed by atoms with E-state index in [-0.39, 0.29) is 12.1 Å². The van der Waals surface area contributed by atoms with E-state index in [1.54, 1.807) is 0 Å². The molecule has 0 unspecified atom stereocenters. The van der Waals surface area contributed by atoms with Gasteiger partial charge in [-0.05, 0) is 51.3 Å². The van der Waals surface area contributed by atoms with Crippen LogP contribution in [0.1, 0.15) is 39.2 Å². The van der Waals surface area contributed by atoms with E-state index < -0.39 is 5.60 Å². The van der Waals surface area contributed by atoms with Gasteiger partial charge in [0.2, 0.25) is 0 Å². The average Bonchev–Trinajstić information content (AvgIpc) is 2.75. The molecule has 1 aliphatic carbocycles. The van der Waals surface area contributed by atoms with Crippen LogP contribution in [0.2, 0.25) is 5.22 Å². The van der Waals surface area contributed by atoms with Crippen molar-refractivity contribution in [2.45, 2.75) is 57.8 Å². The van der Waals surface area contributed by atoms with Crippen molar-refractivity contribution in [3.63, 3.8) is 0 Å². The molecule has 6 heteroatoms. The monoisotopic (exact) mass is 350 g/mol. The lowest BCUT2D eigenvalue weighted by molar-refractivity contribution is 0.0465. The van der Waals surface area contributed by atoms with E-state index in [9.17, 15) is 4.79 Å². The summed E-state index contributed by atoms with van der Waals surface area (Å²) < 4.78 is 10.8. The molecule has 1 aromatic heterocycles. The molecule has 5 nitrogen and oxygen atoms in total. The Labute approximate surface area is 146 Å². The summed E-state index contributed by atoms with van der Waals surface area (Å²) in [6.45, 7) is 6.23. The third-order valence-corrected chi connectivity index (χ3v) is 4.38. The third-order valence-electron chi connectivity index (χ3n) is 4.08. The molecular formula is C18H23ClN2O3. The molecule has 1 fully saturated rings. The molecule has 0 bridgehead atoms. The highest BCUT2D eigenvalue weighted by molar-refractivity contribution is 6.30. The number of fused-ring (bicyclic) bond motifs is 1. The zero-order valence-electron chi connectivity index (χ0n) is 14.2. The number of benzene rings is 1. The molecule has 0 saturated heterocycles. The van der Waals surface area contributed by atoms with E-state index in [2.05, 4.69) is 10.6 Å².